The van der Waals surface area contributed by atoms with Crippen LogP contribution >= 0.6 is 22.9 Å². The molecule has 1 N–H and O–H groups in total. The van der Waals surface area contributed by atoms with Gasteiger partial charge in [0.2, 0.25) is 0 Å². The molecule has 5 rings (SSSR count). The van der Waals surface area contributed by atoms with Crippen LogP contribution in [0.4, 0.5) is 0 Å². The molecular formula is C17H24ClNS. The van der Waals surface area contributed by atoms with E-state index in [1.807, 2.05) is 5.38 Å². The number of nitrogens with one attached hydrogen (secondary N) is 1. The van der Waals surface area contributed by atoms with Gasteiger partial charge in [0.25, 0.3) is 0 Å². The zero-order valence-corrected chi connectivity index (χ0v) is 13.8. The predicted octanol–water partition coefficient (Wildman–Crippen LogP) is 5.10. The Balaban J connectivity index is 1.44. The summed E-state index contributed by atoms with van der Waals surface area (Å²) in [7, 11) is 0. The minimum atomic E-state index is 0.607. The SMILES string of the molecule is CC(NCc1cc(Cl)cs1)C12CC3CC(CC(C3)C1)C2. The van der Waals surface area contributed by atoms with E-state index in [4.69, 9.17) is 11.6 Å². The Bertz CT molecular complexity index is 460. The largest absolute Gasteiger partial charge is 0.309 e. The lowest BCUT2D eigenvalue weighted by Crippen LogP contribution is -2.54. The van der Waals surface area contributed by atoms with Crippen LogP contribution in [0.1, 0.15) is 50.3 Å². The van der Waals surface area contributed by atoms with Crippen LogP contribution in [0.3, 0.4) is 0 Å². The van der Waals surface area contributed by atoms with Gasteiger partial charge >= 0.3 is 0 Å². The summed E-state index contributed by atoms with van der Waals surface area (Å²) in [5.74, 6) is 3.13. The molecule has 3 heteroatoms. The first-order valence-electron chi connectivity index (χ1n) is 8.09. The van der Waals surface area contributed by atoms with Crippen LogP contribution in [0.25, 0.3) is 0 Å². The van der Waals surface area contributed by atoms with Crippen molar-refractivity contribution in [3.63, 3.8) is 0 Å². The minimum Gasteiger partial charge on any atom is -0.309 e. The van der Waals surface area contributed by atoms with E-state index in [9.17, 15) is 0 Å². The summed E-state index contributed by atoms with van der Waals surface area (Å²) in [5, 5.41) is 6.74. The molecule has 1 atom stereocenters. The van der Waals surface area contributed by atoms with Gasteiger partial charge in [0.1, 0.15) is 0 Å². The molecule has 4 saturated carbocycles. The van der Waals surface area contributed by atoms with Crippen LogP contribution in [-0.4, -0.2) is 6.04 Å². The van der Waals surface area contributed by atoms with Crippen molar-refractivity contribution in [2.24, 2.45) is 23.2 Å². The van der Waals surface area contributed by atoms with Crippen LogP contribution in [0.15, 0.2) is 11.4 Å². The molecule has 4 bridgehead atoms. The number of rotatable bonds is 4. The second kappa shape index (κ2) is 5.00. The standard InChI is InChI=1S/C17H24ClNS/c1-11(19-9-16-5-15(18)10-20-16)17-6-12-2-13(7-17)4-14(3-12)8-17/h5,10-14,19H,2-4,6-9H2,1H3. The Hall–Kier alpha value is -0.0500. The third kappa shape index (κ3) is 2.34. The Morgan fingerprint density at radius 3 is 2.35 bits per heavy atom. The lowest BCUT2D eigenvalue weighted by Gasteiger charge is -2.59. The first kappa shape index (κ1) is 13.6. The highest BCUT2D eigenvalue weighted by Gasteiger charge is 2.52. The van der Waals surface area contributed by atoms with Crippen molar-refractivity contribution in [3.8, 4) is 0 Å². The van der Waals surface area contributed by atoms with Gasteiger partial charge in [0.15, 0.2) is 0 Å². The topological polar surface area (TPSA) is 12.0 Å². The minimum absolute atomic E-state index is 0.607. The molecule has 0 spiro atoms. The van der Waals surface area contributed by atoms with E-state index in [2.05, 4.69) is 18.3 Å². The maximum Gasteiger partial charge on any atom is 0.0516 e. The quantitative estimate of drug-likeness (QED) is 0.816. The highest BCUT2D eigenvalue weighted by molar-refractivity contribution is 7.10. The van der Waals surface area contributed by atoms with Gasteiger partial charge in [-0.1, -0.05) is 11.6 Å². The van der Waals surface area contributed by atoms with Gasteiger partial charge in [-0.3, -0.25) is 0 Å². The van der Waals surface area contributed by atoms with Crippen molar-refractivity contribution in [2.75, 3.05) is 0 Å². The molecule has 0 aromatic carbocycles. The highest BCUT2D eigenvalue weighted by Crippen LogP contribution is 2.61. The summed E-state index contributed by atoms with van der Waals surface area (Å²) < 4.78 is 0. The Kier molecular flexibility index (Phi) is 3.40. The van der Waals surface area contributed by atoms with Crippen LogP contribution in [-0.2, 0) is 6.54 Å². The number of halogens is 1. The highest BCUT2D eigenvalue weighted by atomic mass is 35.5. The fraction of sp³-hybridized carbons (Fsp3) is 0.765. The van der Waals surface area contributed by atoms with Crippen molar-refractivity contribution >= 4 is 22.9 Å². The average Bonchev–Trinajstić information content (AvgIpc) is 2.80. The molecule has 4 aliphatic rings. The summed E-state index contributed by atoms with van der Waals surface area (Å²) in [6.45, 7) is 3.42. The lowest BCUT2D eigenvalue weighted by molar-refractivity contribution is -0.0706. The van der Waals surface area contributed by atoms with Crippen molar-refractivity contribution in [2.45, 2.75) is 58.0 Å². The Morgan fingerprint density at radius 1 is 1.25 bits per heavy atom. The average molecular weight is 310 g/mol. The summed E-state index contributed by atoms with van der Waals surface area (Å²) in [6, 6.07) is 2.75. The van der Waals surface area contributed by atoms with Crippen molar-refractivity contribution in [1.29, 1.82) is 0 Å². The molecule has 0 aliphatic heterocycles. The summed E-state index contributed by atoms with van der Waals surface area (Å²) >= 11 is 7.79. The van der Waals surface area contributed by atoms with E-state index in [1.54, 1.807) is 11.3 Å². The second-order valence-electron chi connectivity index (χ2n) is 7.61. The van der Waals surface area contributed by atoms with Gasteiger partial charge < -0.3 is 5.32 Å². The first-order chi connectivity index (χ1) is 9.63. The third-order valence-corrected chi connectivity index (χ3v) is 7.49. The van der Waals surface area contributed by atoms with Gasteiger partial charge in [0, 0.05) is 22.8 Å². The lowest BCUT2D eigenvalue weighted by atomic mass is 9.48. The predicted molar refractivity (Wildman–Crippen MR) is 86.2 cm³/mol. The van der Waals surface area contributed by atoms with Crippen molar-refractivity contribution in [3.05, 3.63) is 21.3 Å². The fourth-order valence-electron chi connectivity index (χ4n) is 5.62. The maximum absolute atomic E-state index is 6.01. The van der Waals surface area contributed by atoms with Gasteiger partial charge in [-0.25, -0.2) is 0 Å². The van der Waals surface area contributed by atoms with E-state index in [0.29, 0.717) is 11.5 Å². The van der Waals surface area contributed by atoms with Gasteiger partial charge in [-0.05, 0) is 74.7 Å². The van der Waals surface area contributed by atoms with E-state index in [0.717, 1.165) is 29.3 Å². The maximum atomic E-state index is 6.01. The number of hydrogen-bond donors (Lipinski definition) is 1. The zero-order chi connectivity index (χ0) is 13.7. The molecule has 0 amide bonds. The zero-order valence-electron chi connectivity index (χ0n) is 12.2. The summed E-state index contributed by atoms with van der Waals surface area (Å²) in [6.07, 6.45) is 9.06. The molecule has 20 heavy (non-hydrogen) atoms. The van der Waals surface area contributed by atoms with Crippen LogP contribution in [0.5, 0.6) is 0 Å². The van der Waals surface area contributed by atoms with Gasteiger partial charge in [-0.15, -0.1) is 11.3 Å². The second-order valence-corrected chi connectivity index (χ2v) is 9.05. The van der Waals surface area contributed by atoms with E-state index < -0.39 is 0 Å². The Labute approximate surface area is 131 Å². The molecule has 1 nitrogen and oxygen atoms in total. The van der Waals surface area contributed by atoms with E-state index >= 15 is 0 Å². The normalized spacial score (nSPS) is 40.2. The number of hydrogen-bond acceptors (Lipinski definition) is 2. The van der Waals surface area contributed by atoms with Crippen molar-refractivity contribution in [1.82, 2.24) is 5.32 Å². The summed E-state index contributed by atoms with van der Waals surface area (Å²) in [5.41, 5.74) is 0.607. The van der Waals surface area contributed by atoms with Crippen LogP contribution in [0.2, 0.25) is 5.02 Å². The van der Waals surface area contributed by atoms with Crippen molar-refractivity contribution < 1.29 is 0 Å². The Morgan fingerprint density at radius 2 is 1.85 bits per heavy atom. The van der Waals surface area contributed by atoms with Gasteiger partial charge in [-0.2, -0.15) is 0 Å². The molecular weight excluding hydrogens is 286 g/mol. The molecule has 1 heterocycles. The van der Waals surface area contributed by atoms with E-state index in [-0.39, 0.29) is 0 Å². The van der Waals surface area contributed by atoms with E-state index in [1.165, 1.54) is 43.4 Å². The molecule has 4 fully saturated rings. The molecule has 1 unspecified atom stereocenters. The molecule has 4 aliphatic carbocycles. The molecule has 0 saturated heterocycles. The van der Waals surface area contributed by atoms with Crippen LogP contribution < -0.4 is 5.32 Å². The first-order valence-corrected chi connectivity index (χ1v) is 9.35. The number of thiophene rings is 1. The fourth-order valence-corrected chi connectivity index (χ4v) is 6.65. The molecule has 1 aromatic heterocycles. The smallest absolute Gasteiger partial charge is 0.0516 e. The summed E-state index contributed by atoms with van der Waals surface area (Å²) in [4.78, 5) is 1.37. The van der Waals surface area contributed by atoms with Gasteiger partial charge in [0.05, 0.1) is 5.02 Å². The third-order valence-electron chi connectivity index (χ3n) is 6.21. The van der Waals surface area contributed by atoms with Crippen LogP contribution in [0, 0.1) is 23.2 Å². The molecule has 1 aromatic rings. The molecule has 110 valence electrons. The molecule has 0 radical (unpaired) electrons. The monoisotopic (exact) mass is 309 g/mol.